The number of nitrogens with one attached hydrogen (secondary N) is 1. The molecule has 8 heteroatoms. The molecule has 1 N–H and O–H groups in total. The Morgan fingerprint density at radius 2 is 1.65 bits per heavy atom. The second kappa shape index (κ2) is 10.2. The van der Waals surface area contributed by atoms with E-state index in [1.54, 1.807) is 42.5 Å². The molecule has 0 fully saturated rings. The van der Waals surface area contributed by atoms with Crippen LogP contribution in [-0.2, 0) is 0 Å². The van der Waals surface area contributed by atoms with Crippen molar-refractivity contribution in [1.82, 2.24) is 4.98 Å². The van der Waals surface area contributed by atoms with Gasteiger partial charge in [0.15, 0.2) is 17.1 Å². The number of aromatic nitrogens is 1. The molecule has 0 saturated heterocycles. The van der Waals surface area contributed by atoms with Crippen molar-refractivity contribution in [3.05, 3.63) is 66.0 Å². The zero-order valence-corrected chi connectivity index (χ0v) is 19.2. The normalized spacial score (nSPS) is 10.8. The third-order valence-electron chi connectivity index (χ3n) is 4.89. The van der Waals surface area contributed by atoms with E-state index in [1.165, 1.54) is 12.1 Å². The van der Waals surface area contributed by atoms with Gasteiger partial charge in [-0.1, -0.05) is 6.07 Å². The van der Waals surface area contributed by atoms with Crippen LogP contribution in [0.4, 0.5) is 10.1 Å². The molecule has 0 bridgehead atoms. The zero-order valence-electron chi connectivity index (χ0n) is 19.2. The molecule has 0 spiro atoms. The zero-order chi connectivity index (χ0) is 24.1. The number of fused-ring (bicyclic) bond motifs is 1. The molecule has 34 heavy (non-hydrogen) atoms. The third-order valence-corrected chi connectivity index (χ3v) is 4.89. The summed E-state index contributed by atoms with van der Waals surface area (Å²) in [4.78, 5) is 17.5. The van der Waals surface area contributed by atoms with Crippen molar-refractivity contribution in [1.29, 1.82) is 0 Å². The number of nitrogens with zero attached hydrogens (tertiary/aromatic N) is 1. The lowest BCUT2D eigenvalue weighted by molar-refractivity contribution is 0.102. The fourth-order valence-electron chi connectivity index (χ4n) is 3.47. The predicted octanol–water partition coefficient (Wildman–Crippen LogP) is 6.08. The number of amides is 1. The number of anilines is 1. The maximum absolute atomic E-state index is 13.6. The van der Waals surface area contributed by atoms with E-state index in [4.69, 9.17) is 18.6 Å². The number of halogens is 1. The van der Waals surface area contributed by atoms with E-state index in [-0.39, 0.29) is 11.7 Å². The number of oxazole rings is 1. The molecule has 0 aliphatic rings. The molecule has 1 heterocycles. The average molecular weight is 464 g/mol. The highest BCUT2D eigenvalue weighted by atomic mass is 19.1. The van der Waals surface area contributed by atoms with Crippen LogP contribution < -0.4 is 19.5 Å². The lowest BCUT2D eigenvalue weighted by Crippen LogP contribution is -2.13. The fourth-order valence-corrected chi connectivity index (χ4v) is 3.47. The highest BCUT2D eigenvalue weighted by Gasteiger charge is 2.19. The minimum absolute atomic E-state index is 0.298. The largest absolute Gasteiger partial charge is 0.490 e. The molecular formula is C26H25FN2O5. The van der Waals surface area contributed by atoms with Crippen LogP contribution in [0.5, 0.6) is 17.2 Å². The first-order valence-electron chi connectivity index (χ1n) is 11.1. The molecule has 0 aliphatic heterocycles. The minimum Gasteiger partial charge on any atom is -0.490 e. The Hall–Kier alpha value is -4.07. The lowest BCUT2D eigenvalue weighted by atomic mass is 10.1. The molecular weight excluding hydrogens is 439 g/mol. The Labute approximate surface area is 196 Å². The molecule has 1 aromatic heterocycles. The Balaban J connectivity index is 1.62. The van der Waals surface area contributed by atoms with Crippen molar-refractivity contribution in [3.63, 3.8) is 0 Å². The average Bonchev–Trinajstić information content (AvgIpc) is 3.25. The first-order valence-corrected chi connectivity index (χ1v) is 11.1. The highest BCUT2D eigenvalue weighted by Crippen LogP contribution is 2.39. The predicted molar refractivity (Wildman–Crippen MR) is 127 cm³/mol. The molecule has 4 aromatic rings. The van der Waals surface area contributed by atoms with Crippen LogP contribution in [0.15, 0.2) is 59.0 Å². The summed E-state index contributed by atoms with van der Waals surface area (Å²) in [5.74, 6) is 0.919. The summed E-state index contributed by atoms with van der Waals surface area (Å²) >= 11 is 0. The van der Waals surface area contributed by atoms with Crippen molar-refractivity contribution in [2.24, 2.45) is 0 Å². The molecule has 4 rings (SSSR count). The summed E-state index contributed by atoms with van der Waals surface area (Å²) < 4.78 is 36.4. The van der Waals surface area contributed by atoms with Crippen molar-refractivity contribution >= 4 is 22.7 Å². The van der Waals surface area contributed by atoms with Crippen molar-refractivity contribution in [2.75, 3.05) is 25.1 Å². The van der Waals surface area contributed by atoms with Gasteiger partial charge in [-0.2, -0.15) is 0 Å². The van der Waals surface area contributed by atoms with Gasteiger partial charge in [0.1, 0.15) is 11.3 Å². The topological polar surface area (TPSA) is 82.8 Å². The van der Waals surface area contributed by atoms with Crippen molar-refractivity contribution in [3.8, 4) is 28.7 Å². The summed E-state index contributed by atoms with van der Waals surface area (Å²) in [6, 6.07) is 14.4. The SMILES string of the molecule is CCOc1cc(C(=O)Nc2ccc3oc(-c4cccc(F)c4)nc3c2)cc(OCC)c1OCC. The van der Waals surface area contributed by atoms with Crippen LogP contribution in [0.25, 0.3) is 22.6 Å². The fraction of sp³-hybridized carbons (Fsp3) is 0.231. The van der Waals surface area contributed by atoms with Crippen LogP contribution in [0, 0.1) is 5.82 Å². The van der Waals surface area contributed by atoms with Crippen LogP contribution in [0.2, 0.25) is 0 Å². The molecule has 1 amide bonds. The Morgan fingerprint density at radius 1 is 0.941 bits per heavy atom. The standard InChI is InChI=1S/C26H25FN2O5/c1-4-31-22-13-17(14-23(32-5-2)24(22)33-6-3)25(30)28-19-10-11-21-20(15-19)29-26(34-21)16-8-7-9-18(27)12-16/h7-15H,4-6H2,1-3H3,(H,28,30). The van der Waals surface area contributed by atoms with Crippen molar-refractivity contribution < 1.29 is 27.8 Å². The molecule has 0 atom stereocenters. The Morgan fingerprint density at radius 3 is 2.29 bits per heavy atom. The first-order chi connectivity index (χ1) is 16.5. The maximum Gasteiger partial charge on any atom is 0.255 e. The molecule has 176 valence electrons. The van der Waals surface area contributed by atoms with Crippen LogP contribution in [-0.4, -0.2) is 30.7 Å². The Bertz CT molecular complexity index is 1290. The van der Waals surface area contributed by atoms with Gasteiger partial charge in [-0.3, -0.25) is 4.79 Å². The number of benzene rings is 3. The molecule has 3 aromatic carbocycles. The third kappa shape index (κ3) is 4.96. The van der Waals surface area contributed by atoms with E-state index in [9.17, 15) is 9.18 Å². The number of ether oxygens (including phenoxy) is 3. The van der Waals surface area contributed by atoms with Gasteiger partial charge >= 0.3 is 0 Å². The monoisotopic (exact) mass is 464 g/mol. The number of carbonyl (C=O) groups excluding carboxylic acids is 1. The van der Waals surface area contributed by atoms with E-state index in [0.29, 0.717) is 70.9 Å². The van der Waals surface area contributed by atoms with Crippen molar-refractivity contribution in [2.45, 2.75) is 20.8 Å². The van der Waals surface area contributed by atoms with Gasteiger partial charge < -0.3 is 23.9 Å². The summed E-state index contributed by atoms with van der Waals surface area (Å²) in [5, 5.41) is 2.87. The summed E-state index contributed by atoms with van der Waals surface area (Å²) in [6.07, 6.45) is 0. The Kier molecular flexibility index (Phi) is 6.96. The van der Waals surface area contributed by atoms with E-state index >= 15 is 0 Å². The van der Waals surface area contributed by atoms with Crippen LogP contribution >= 0.6 is 0 Å². The van der Waals surface area contributed by atoms with Gasteiger partial charge in [-0.15, -0.1) is 0 Å². The van der Waals surface area contributed by atoms with E-state index in [2.05, 4.69) is 10.3 Å². The maximum atomic E-state index is 13.6. The number of hydrogen-bond donors (Lipinski definition) is 1. The van der Waals surface area contributed by atoms with Gasteiger partial charge in [-0.05, 0) is 69.3 Å². The molecule has 0 radical (unpaired) electrons. The smallest absolute Gasteiger partial charge is 0.255 e. The summed E-state index contributed by atoms with van der Waals surface area (Å²) in [7, 11) is 0. The number of hydrogen-bond acceptors (Lipinski definition) is 6. The van der Waals surface area contributed by atoms with Crippen LogP contribution in [0.3, 0.4) is 0 Å². The van der Waals surface area contributed by atoms with Gasteiger partial charge in [-0.25, -0.2) is 9.37 Å². The molecule has 0 aliphatic carbocycles. The van der Waals surface area contributed by atoms with Crippen LogP contribution in [0.1, 0.15) is 31.1 Å². The van der Waals surface area contributed by atoms with Gasteiger partial charge in [0, 0.05) is 16.8 Å². The quantitative estimate of drug-likeness (QED) is 0.323. The number of rotatable bonds is 9. The van der Waals surface area contributed by atoms with Gasteiger partial charge in [0.05, 0.1) is 19.8 Å². The molecule has 7 nitrogen and oxygen atoms in total. The number of carbonyl (C=O) groups is 1. The first kappa shape index (κ1) is 23.1. The highest BCUT2D eigenvalue weighted by molar-refractivity contribution is 6.05. The summed E-state index contributed by atoms with van der Waals surface area (Å²) in [6.45, 7) is 6.83. The van der Waals surface area contributed by atoms with E-state index in [0.717, 1.165) is 0 Å². The lowest BCUT2D eigenvalue weighted by Gasteiger charge is -2.17. The van der Waals surface area contributed by atoms with E-state index < -0.39 is 0 Å². The van der Waals surface area contributed by atoms with Gasteiger partial charge in [0.2, 0.25) is 11.6 Å². The molecule has 0 unspecified atom stereocenters. The van der Waals surface area contributed by atoms with E-state index in [1.807, 2.05) is 20.8 Å². The summed E-state index contributed by atoms with van der Waals surface area (Å²) in [5.41, 5.74) is 2.48. The van der Waals surface area contributed by atoms with Gasteiger partial charge in [0.25, 0.3) is 5.91 Å². The minimum atomic E-state index is -0.374. The molecule has 0 saturated carbocycles. The second-order valence-electron chi connectivity index (χ2n) is 7.27. The second-order valence-corrected chi connectivity index (χ2v) is 7.27.